The van der Waals surface area contributed by atoms with Crippen molar-refractivity contribution in [3.8, 4) is 0 Å². The molecule has 1 aromatic rings. The molecule has 0 amide bonds. The quantitative estimate of drug-likeness (QED) is 0.633. The summed E-state index contributed by atoms with van der Waals surface area (Å²) in [6, 6.07) is 11.4. The molecule has 0 unspecified atom stereocenters. The average Bonchev–Trinajstić information content (AvgIpc) is 2.29. The fourth-order valence-electron chi connectivity index (χ4n) is 2.48. The molecule has 0 N–H and O–H groups in total. The zero-order valence-corrected chi connectivity index (χ0v) is 10.6. The molecule has 1 radical (unpaired) electrons. The predicted molar refractivity (Wildman–Crippen MR) is 70.1 cm³/mol. The molecule has 0 bridgehead atoms. The molecule has 0 fully saturated rings. The van der Waals surface area contributed by atoms with Crippen LogP contribution < -0.4 is 0 Å². The SMILES string of the molecule is CC(C)(C)[C@H]1CC=C(c2cc[c]cc2)CC1. The van der Waals surface area contributed by atoms with Crippen LogP contribution in [0.4, 0.5) is 0 Å². The van der Waals surface area contributed by atoms with Crippen molar-refractivity contribution >= 4 is 5.57 Å². The van der Waals surface area contributed by atoms with Crippen LogP contribution in [-0.2, 0) is 0 Å². The first-order valence-corrected chi connectivity index (χ1v) is 6.23. The van der Waals surface area contributed by atoms with Gasteiger partial charge in [-0.3, -0.25) is 0 Å². The first-order chi connectivity index (χ1) is 7.57. The van der Waals surface area contributed by atoms with Crippen molar-refractivity contribution in [1.82, 2.24) is 0 Å². The Kier molecular flexibility index (Phi) is 3.18. The Balaban J connectivity index is 2.10. The number of allylic oxidation sites excluding steroid dienone is 2. The molecular weight excluding hydrogens is 192 g/mol. The lowest BCUT2D eigenvalue weighted by molar-refractivity contribution is 0.225. The van der Waals surface area contributed by atoms with Crippen LogP contribution >= 0.6 is 0 Å². The van der Waals surface area contributed by atoms with Crippen LogP contribution in [0.15, 0.2) is 30.3 Å². The first-order valence-electron chi connectivity index (χ1n) is 6.23. The van der Waals surface area contributed by atoms with Gasteiger partial charge in [-0.1, -0.05) is 51.1 Å². The standard InChI is InChI=1S/C16H21/c1-16(2,3)15-11-9-14(10-12-15)13-7-5-4-6-8-13/h5-9,15H,10-12H2,1-3H3/t15-/m0/s1. The van der Waals surface area contributed by atoms with E-state index in [0.29, 0.717) is 5.41 Å². The third kappa shape index (κ3) is 2.55. The molecule has 0 spiro atoms. The van der Waals surface area contributed by atoms with Crippen molar-refractivity contribution in [2.75, 3.05) is 0 Å². The van der Waals surface area contributed by atoms with Crippen molar-refractivity contribution in [2.45, 2.75) is 40.0 Å². The summed E-state index contributed by atoms with van der Waals surface area (Å²) in [5.74, 6) is 0.839. The lowest BCUT2D eigenvalue weighted by Gasteiger charge is -2.33. The fraction of sp³-hybridized carbons (Fsp3) is 0.500. The third-order valence-electron chi connectivity index (χ3n) is 3.72. The van der Waals surface area contributed by atoms with Gasteiger partial charge < -0.3 is 0 Å². The first kappa shape index (κ1) is 11.4. The van der Waals surface area contributed by atoms with Gasteiger partial charge in [0.25, 0.3) is 0 Å². The highest BCUT2D eigenvalue weighted by atomic mass is 14.3. The van der Waals surface area contributed by atoms with E-state index in [1.807, 2.05) is 12.1 Å². The highest BCUT2D eigenvalue weighted by Crippen LogP contribution is 2.39. The van der Waals surface area contributed by atoms with Crippen molar-refractivity contribution in [2.24, 2.45) is 11.3 Å². The van der Waals surface area contributed by atoms with Gasteiger partial charge >= 0.3 is 0 Å². The molecule has 0 nitrogen and oxygen atoms in total. The highest BCUT2D eigenvalue weighted by Gasteiger charge is 2.26. The van der Waals surface area contributed by atoms with Crippen molar-refractivity contribution in [3.05, 3.63) is 42.0 Å². The summed E-state index contributed by atoms with van der Waals surface area (Å²) in [6.45, 7) is 7.07. The zero-order valence-electron chi connectivity index (χ0n) is 10.6. The Labute approximate surface area is 99.4 Å². The second kappa shape index (κ2) is 4.45. The maximum Gasteiger partial charge on any atom is -0.0184 e. The van der Waals surface area contributed by atoms with Gasteiger partial charge in [0.15, 0.2) is 0 Å². The minimum absolute atomic E-state index is 0.451. The van der Waals surface area contributed by atoms with Crippen LogP contribution in [0.25, 0.3) is 5.57 Å². The van der Waals surface area contributed by atoms with E-state index < -0.39 is 0 Å². The third-order valence-corrected chi connectivity index (χ3v) is 3.72. The summed E-state index contributed by atoms with van der Waals surface area (Å²) in [4.78, 5) is 0. The molecule has 0 heteroatoms. The summed E-state index contributed by atoms with van der Waals surface area (Å²) in [7, 11) is 0. The van der Waals surface area contributed by atoms with Crippen LogP contribution in [0.2, 0.25) is 0 Å². The van der Waals surface area contributed by atoms with E-state index in [4.69, 9.17) is 0 Å². The summed E-state index contributed by atoms with van der Waals surface area (Å²) in [6.07, 6.45) is 6.23. The van der Waals surface area contributed by atoms with Crippen molar-refractivity contribution in [3.63, 3.8) is 0 Å². The zero-order chi connectivity index (χ0) is 11.6. The second-order valence-corrected chi connectivity index (χ2v) is 5.86. The Morgan fingerprint density at radius 2 is 1.88 bits per heavy atom. The molecule has 0 aromatic heterocycles. The topological polar surface area (TPSA) is 0 Å². The van der Waals surface area contributed by atoms with Gasteiger partial charge in [0.05, 0.1) is 0 Å². The van der Waals surface area contributed by atoms with Gasteiger partial charge in [0, 0.05) is 0 Å². The summed E-state index contributed by atoms with van der Waals surface area (Å²) in [5, 5.41) is 0. The van der Waals surface area contributed by atoms with Gasteiger partial charge in [-0.2, -0.15) is 0 Å². The maximum atomic E-state index is 3.08. The molecule has 1 aromatic carbocycles. The molecule has 16 heavy (non-hydrogen) atoms. The van der Waals surface area contributed by atoms with E-state index in [0.717, 1.165) is 5.92 Å². The molecular formula is C16H21. The lowest BCUT2D eigenvalue weighted by atomic mass is 9.72. The van der Waals surface area contributed by atoms with Crippen LogP contribution in [-0.4, -0.2) is 0 Å². The average molecular weight is 213 g/mol. The smallest absolute Gasteiger partial charge is 0.0184 e. The van der Waals surface area contributed by atoms with E-state index in [-0.39, 0.29) is 0 Å². The van der Waals surface area contributed by atoms with E-state index in [2.05, 4.69) is 45.0 Å². The minimum atomic E-state index is 0.451. The summed E-state index contributed by atoms with van der Waals surface area (Å²) in [5.41, 5.74) is 3.35. The van der Waals surface area contributed by atoms with Gasteiger partial charge in [0.2, 0.25) is 0 Å². The van der Waals surface area contributed by atoms with E-state index >= 15 is 0 Å². The van der Waals surface area contributed by atoms with Crippen LogP contribution in [0.3, 0.4) is 0 Å². The maximum absolute atomic E-state index is 3.08. The highest BCUT2D eigenvalue weighted by molar-refractivity contribution is 5.66. The second-order valence-electron chi connectivity index (χ2n) is 5.86. The van der Waals surface area contributed by atoms with Crippen molar-refractivity contribution < 1.29 is 0 Å². The summed E-state index contributed by atoms with van der Waals surface area (Å²) < 4.78 is 0. The predicted octanol–water partition coefficient (Wildman–Crippen LogP) is 4.72. The lowest BCUT2D eigenvalue weighted by Crippen LogP contribution is -2.21. The molecule has 85 valence electrons. The normalized spacial score (nSPS) is 21.7. The Morgan fingerprint density at radius 3 is 2.38 bits per heavy atom. The monoisotopic (exact) mass is 213 g/mol. The molecule has 0 saturated carbocycles. The minimum Gasteiger partial charge on any atom is -0.0804 e. The summed E-state index contributed by atoms with van der Waals surface area (Å²) >= 11 is 0. The van der Waals surface area contributed by atoms with Gasteiger partial charge in [-0.25, -0.2) is 0 Å². The number of hydrogen-bond acceptors (Lipinski definition) is 0. The largest absolute Gasteiger partial charge is 0.0804 e. The van der Waals surface area contributed by atoms with Crippen LogP contribution in [0.5, 0.6) is 0 Å². The van der Waals surface area contributed by atoms with Crippen molar-refractivity contribution in [1.29, 1.82) is 0 Å². The molecule has 1 aliphatic rings. The van der Waals surface area contributed by atoms with E-state index in [1.165, 1.54) is 30.4 Å². The van der Waals surface area contributed by atoms with E-state index in [9.17, 15) is 0 Å². The Bertz CT molecular complexity index is 365. The van der Waals surface area contributed by atoms with Gasteiger partial charge in [-0.15, -0.1) is 0 Å². The van der Waals surface area contributed by atoms with Crippen LogP contribution in [0.1, 0.15) is 45.6 Å². The Morgan fingerprint density at radius 1 is 1.19 bits per heavy atom. The molecule has 1 atom stereocenters. The molecule has 2 rings (SSSR count). The number of benzene rings is 1. The molecule has 0 saturated heterocycles. The number of rotatable bonds is 1. The van der Waals surface area contributed by atoms with E-state index in [1.54, 1.807) is 0 Å². The van der Waals surface area contributed by atoms with Crippen LogP contribution in [0, 0.1) is 17.4 Å². The molecule has 0 aliphatic heterocycles. The Hall–Kier alpha value is -1.04. The molecule has 0 heterocycles. The van der Waals surface area contributed by atoms with Gasteiger partial charge in [-0.05, 0) is 47.8 Å². The van der Waals surface area contributed by atoms with Gasteiger partial charge in [0.1, 0.15) is 0 Å². The fourth-order valence-corrected chi connectivity index (χ4v) is 2.48. The number of hydrogen-bond donors (Lipinski definition) is 0. The molecule has 1 aliphatic carbocycles.